The first-order valence-corrected chi connectivity index (χ1v) is 9.46. The average molecular weight is 366 g/mol. The molecule has 4 aromatic carbocycles. The van der Waals surface area contributed by atoms with Crippen molar-refractivity contribution in [3.05, 3.63) is 77.9 Å². The van der Waals surface area contributed by atoms with E-state index in [9.17, 15) is 0 Å². The molecule has 7 N–H and O–H groups in total. The Balaban J connectivity index is 1.65. The zero-order valence-corrected chi connectivity index (χ0v) is 15.5. The minimum absolute atomic E-state index is 0.706. The maximum atomic E-state index is 6.28. The monoisotopic (exact) mass is 366 g/mol. The molecule has 4 nitrogen and oxygen atoms in total. The Kier molecular flexibility index (Phi) is 3.66. The summed E-state index contributed by atoms with van der Waals surface area (Å²) >= 11 is 0. The van der Waals surface area contributed by atoms with Crippen LogP contribution < -0.4 is 22.5 Å². The predicted octanol–water partition coefficient (Wildman–Crippen LogP) is 5.15. The Morgan fingerprint density at radius 1 is 0.750 bits per heavy atom. The van der Waals surface area contributed by atoms with Crippen molar-refractivity contribution in [2.24, 2.45) is 5.73 Å². The standard InChI is InChI=1S/C24H22N4/c25-21-7-1-4-14-10-15-5-2-9-24(19(15)13-18(14)21)28-16-11-20-17(23(27)12-16)6-3-8-22(20)26/h2-3,5-13,28H,1,4,25-27H2. The van der Waals surface area contributed by atoms with Crippen LogP contribution in [0.4, 0.5) is 22.7 Å². The Bertz CT molecular complexity index is 1270. The minimum Gasteiger partial charge on any atom is -0.398 e. The van der Waals surface area contributed by atoms with E-state index in [1.807, 2.05) is 30.3 Å². The van der Waals surface area contributed by atoms with Crippen molar-refractivity contribution < 1.29 is 0 Å². The molecule has 0 saturated carbocycles. The first-order valence-electron chi connectivity index (χ1n) is 9.46. The van der Waals surface area contributed by atoms with Crippen LogP contribution in [0.3, 0.4) is 0 Å². The largest absolute Gasteiger partial charge is 0.398 e. The SMILES string of the molecule is NC1=CCCc2cc3cccc(Nc4cc(N)c5cccc(N)c5c4)c3cc21. The molecule has 0 atom stereocenters. The molecule has 1 aliphatic rings. The molecule has 0 bridgehead atoms. The minimum atomic E-state index is 0.706. The number of hydrogen-bond donors (Lipinski definition) is 4. The first kappa shape index (κ1) is 16.5. The molecular formula is C24H22N4. The smallest absolute Gasteiger partial charge is 0.0464 e. The first-order chi connectivity index (χ1) is 13.6. The molecule has 0 amide bonds. The van der Waals surface area contributed by atoms with Gasteiger partial charge >= 0.3 is 0 Å². The van der Waals surface area contributed by atoms with Crippen molar-refractivity contribution in [2.45, 2.75) is 12.8 Å². The molecule has 4 aromatic rings. The van der Waals surface area contributed by atoms with E-state index in [1.165, 1.54) is 10.9 Å². The van der Waals surface area contributed by atoms with Gasteiger partial charge in [0.1, 0.15) is 0 Å². The molecular weight excluding hydrogens is 344 g/mol. The molecule has 28 heavy (non-hydrogen) atoms. The number of anilines is 4. The lowest BCUT2D eigenvalue weighted by Crippen LogP contribution is -2.06. The maximum absolute atomic E-state index is 6.28. The van der Waals surface area contributed by atoms with Crippen molar-refractivity contribution in [1.82, 2.24) is 0 Å². The number of nitrogens with one attached hydrogen (secondary N) is 1. The van der Waals surface area contributed by atoms with E-state index >= 15 is 0 Å². The zero-order chi connectivity index (χ0) is 19.3. The van der Waals surface area contributed by atoms with Crippen molar-refractivity contribution in [3.8, 4) is 0 Å². The van der Waals surface area contributed by atoms with Gasteiger partial charge in [-0.3, -0.25) is 0 Å². The number of rotatable bonds is 2. The van der Waals surface area contributed by atoms with Crippen molar-refractivity contribution in [1.29, 1.82) is 0 Å². The van der Waals surface area contributed by atoms with E-state index in [4.69, 9.17) is 17.2 Å². The molecule has 1 aliphatic carbocycles. The third kappa shape index (κ3) is 2.62. The summed E-state index contributed by atoms with van der Waals surface area (Å²) in [4.78, 5) is 0. The normalized spacial score (nSPS) is 13.4. The molecule has 0 aliphatic heterocycles. The quantitative estimate of drug-likeness (QED) is 0.369. The highest BCUT2D eigenvalue weighted by Crippen LogP contribution is 2.35. The molecule has 0 saturated heterocycles. The van der Waals surface area contributed by atoms with Crippen LogP contribution >= 0.6 is 0 Å². The van der Waals surface area contributed by atoms with E-state index in [0.717, 1.165) is 57.3 Å². The van der Waals surface area contributed by atoms with Gasteiger partial charge in [0.15, 0.2) is 0 Å². The second kappa shape index (κ2) is 6.20. The van der Waals surface area contributed by atoms with Gasteiger partial charge in [-0.25, -0.2) is 0 Å². The van der Waals surface area contributed by atoms with Crippen LogP contribution in [0.25, 0.3) is 27.2 Å². The van der Waals surface area contributed by atoms with Gasteiger partial charge in [-0.2, -0.15) is 0 Å². The van der Waals surface area contributed by atoms with Crippen LogP contribution in [-0.4, -0.2) is 0 Å². The lowest BCUT2D eigenvalue weighted by molar-refractivity contribution is 0.976. The van der Waals surface area contributed by atoms with Crippen molar-refractivity contribution >= 4 is 50.0 Å². The number of nitrogen functional groups attached to an aromatic ring is 2. The number of aryl methyl sites for hydroxylation is 1. The van der Waals surface area contributed by atoms with E-state index in [0.29, 0.717) is 5.69 Å². The molecule has 0 fully saturated rings. The second-order valence-corrected chi connectivity index (χ2v) is 7.37. The van der Waals surface area contributed by atoms with Crippen LogP contribution in [0.2, 0.25) is 0 Å². The number of nitrogens with two attached hydrogens (primary N) is 3. The van der Waals surface area contributed by atoms with Gasteiger partial charge in [0, 0.05) is 50.2 Å². The van der Waals surface area contributed by atoms with E-state index in [-0.39, 0.29) is 0 Å². The van der Waals surface area contributed by atoms with Gasteiger partial charge in [-0.15, -0.1) is 0 Å². The fraction of sp³-hybridized carbons (Fsp3) is 0.0833. The maximum Gasteiger partial charge on any atom is 0.0464 e. The van der Waals surface area contributed by atoms with Gasteiger partial charge in [-0.05, 0) is 54.1 Å². The van der Waals surface area contributed by atoms with Crippen LogP contribution in [0.15, 0.2) is 66.7 Å². The summed E-state index contributed by atoms with van der Waals surface area (Å²) in [5.41, 5.74) is 25.4. The highest BCUT2D eigenvalue weighted by atomic mass is 14.9. The number of fused-ring (bicyclic) bond motifs is 3. The van der Waals surface area contributed by atoms with Crippen LogP contribution in [0.5, 0.6) is 0 Å². The van der Waals surface area contributed by atoms with E-state index < -0.39 is 0 Å². The molecule has 4 heteroatoms. The highest BCUT2D eigenvalue weighted by molar-refractivity contribution is 6.04. The summed E-state index contributed by atoms with van der Waals surface area (Å²) in [7, 11) is 0. The van der Waals surface area contributed by atoms with Crippen LogP contribution in [-0.2, 0) is 6.42 Å². The molecule has 138 valence electrons. The summed E-state index contributed by atoms with van der Waals surface area (Å²) in [6, 6.07) is 20.5. The Morgan fingerprint density at radius 3 is 2.50 bits per heavy atom. The Hall–Kier alpha value is -3.66. The number of allylic oxidation sites excluding steroid dienone is 1. The molecule has 0 radical (unpaired) electrons. The lowest BCUT2D eigenvalue weighted by Gasteiger charge is -2.18. The van der Waals surface area contributed by atoms with Gasteiger partial charge in [0.25, 0.3) is 0 Å². The fourth-order valence-electron chi connectivity index (χ4n) is 4.12. The van der Waals surface area contributed by atoms with E-state index in [1.54, 1.807) is 0 Å². The Morgan fingerprint density at radius 2 is 1.61 bits per heavy atom. The average Bonchev–Trinajstić information content (AvgIpc) is 2.68. The third-order valence-electron chi connectivity index (χ3n) is 5.53. The summed E-state index contributed by atoms with van der Waals surface area (Å²) in [6.45, 7) is 0. The van der Waals surface area contributed by atoms with Crippen molar-refractivity contribution in [3.63, 3.8) is 0 Å². The number of hydrogen-bond acceptors (Lipinski definition) is 4. The third-order valence-corrected chi connectivity index (χ3v) is 5.53. The summed E-state index contributed by atoms with van der Waals surface area (Å²) in [6.07, 6.45) is 4.14. The van der Waals surface area contributed by atoms with E-state index in [2.05, 4.69) is 41.7 Å². The summed E-state index contributed by atoms with van der Waals surface area (Å²) in [5.74, 6) is 0. The number of benzene rings is 4. The molecule has 0 spiro atoms. The van der Waals surface area contributed by atoms with Gasteiger partial charge in [0.2, 0.25) is 0 Å². The lowest BCUT2D eigenvalue weighted by atomic mass is 9.91. The molecule has 5 rings (SSSR count). The zero-order valence-electron chi connectivity index (χ0n) is 15.5. The topological polar surface area (TPSA) is 90.1 Å². The van der Waals surface area contributed by atoms with Crippen molar-refractivity contribution in [2.75, 3.05) is 16.8 Å². The van der Waals surface area contributed by atoms with Crippen LogP contribution in [0.1, 0.15) is 17.5 Å². The molecule has 0 unspecified atom stereocenters. The van der Waals surface area contributed by atoms with Gasteiger partial charge in [0.05, 0.1) is 0 Å². The Labute approximate surface area is 163 Å². The second-order valence-electron chi connectivity index (χ2n) is 7.37. The van der Waals surface area contributed by atoms with Crippen LogP contribution in [0, 0.1) is 0 Å². The molecule has 0 heterocycles. The summed E-state index contributed by atoms with van der Waals surface area (Å²) in [5, 5.41) is 7.79. The predicted molar refractivity (Wildman–Crippen MR) is 120 cm³/mol. The fourth-order valence-corrected chi connectivity index (χ4v) is 4.12. The highest BCUT2D eigenvalue weighted by Gasteiger charge is 2.13. The van der Waals surface area contributed by atoms with Gasteiger partial charge < -0.3 is 22.5 Å². The van der Waals surface area contributed by atoms with Gasteiger partial charge in [-0.1, -0.05) is 36.4 Å². The molecule has 0 aromatic heterocycles. The summed E-state index contributed by atoms with van der Waals surface area (Å²) < 4.78 is 0.